The number of aryl methyl sites for hydroxylation is 1. The molecule has 0 N–H and O–H groups in total. The maximum atomic E-state index is 6.31. The average molecular weight is 330 g/mol. The van der Waals surface area contributed by atoms with E-state index in [1.165, 1.54) is 0 Å². The second-order valence-electron chi connectivity index (χ2n) is 8.38. The molecule has 1 aromatic heterocycles. The highest BCUT2D eigenvalue weighted by Crippen LogP contribution is 2.19. The van der Waals surface area contributed by atoms with Gasteiger partial charge in [-0.15, -0.1) is 0 Å². The standard InChI is InChI=1S/C13H31N3OSi3/c1-15-11-12(17-20(8,9)10)16(19(5,6)7)13(15)14-18(2,3)4/h11H,1-10H3/b14-13+. The molecule has 0 aromatic carbocycles. The first kappa shape index (κ1) is 17.5. The lowest BCUT2D eigenvalue weighted by atomic mass is 10.8. The molecule has 0 bridgehead atoms. The van der Waals surface area contributed by atoms with Gasteiger partial charge in [-0.25, -0.2) is 0 Å². The van der Waals surface area contributed by atoms with Gasteiger partial charge in [0.15, 0.2) is 28.0 Å². The molecule has 0 spiro atoms. The quantitative estimate of drug-likeness (QED) is 0.778. The molecule has 1 rings (SSSR count). The molecule has 1 heterocycles. The van der Waals surface area contributed by atoms with Crippen LogP contribution in [-0.4, -0.2) is 33.6 Å². The number of aromatic nitrogens is 2. The van der Waals surface area contributed by atoms with Crippen LogP contribution in [0, 0.1) is 0 Å². The fourth-order valence-corrected chi connectivity index (χ4v) is 5.38. The number of rotatable bonds is 4. The minimum Gasteiger partial charge on any atom is -0.532 e. The molecule has 0 unspecified atom stereocenters. The third-order valence-corrected chi connectivity index (χ3v) is 6.01. The van der Waals surface area contributed by atoms with Crippen LogP contribution in [-0.2, 0) is 7.05 Å². The highest BCUT2D eigenvalue weighted by molar-refractivity contribution is 6.76. The Morgan fingerprint density at radius 3 is 1.80 bits per heavy atom. The monoisotopic (exact) mass is 329 g/mol. The molecule has 0 aliphatic rings. The van der Waals surface area contributed by atoms with Crippen molar-refractivity contribution in [3.05, 3.63) is 11.8 Å². The molecule has 0 amide bonds. The fourth-order valence-electron chi connectivity index (χ4n) is 1.98. The predicted molar refractivity (Wildman–Crippen MR) is 95.0 cm³/mol. The molecular formula is C13H31N3OSi3. The maximum absolute atomic E-state index is 6.31. The summed E-state index contributed by atoms with van der Waals surface area (Å²) in [5.74, 6) is 1.00. The van der Waals surface area contributed by atoms with E-state index in [0.717, 1.165) is 11.5 Å². The third kappa shape index (κ3) is 4.78. The van der Waals surface area contributed by atoms with Crippen molar-refractivity contribution in [3.8, 4) is 5.88 Å². The Bertz CT molecular complexity index is 539. The zero-order chi connectivity index (χ0) is 15.9. The van der Waals surface area contributed by atoms with Crippen LogP contribution in [0.15, 0.2) is 10.9 Å². The molecule has 1 aromatic rings. The van der Waals surface area contributed by atoms with Crippen LogP contribution >= 0.6 is 0 Å². The minimum atomic E-state index is -1.62. The summed E-state index contributed by atoms with van der Waals surface area (Å²) in [6.07, 6.45) is 2.11. The van der Waals surface area contributed by atoms with Crippen molar-refractivity contribution in [2.75, 3.05) is 0 Å². The number of nitrogens with zero attached hydrogens (tertiary/aromatic N) is 3. The van der Waals surface area contributed by atoms with Gasteiger partial charge in [-0.1, -0.05) is 19.6 Å². The normalized spacial score (nSPS) is 14.8. The maximum Gasteiger partial charge on any atom is 0.244 e. The van der Waals surface area contributed by atoms with Gasteiger partial charge in [0.05, 0.1) is 6.20 Å². The first-order valence-electron chi connectivity index (χ1n) is 7.24. The summed E-state index contributed by atoms with van der Waals surface area (Å²) in [4.78, 5) is 0. The second-order valence-corrected chi connectivity index (χ2v) is 22.2. The largest absolute Gasteiger partial charge is 0.532 e. The van der Waals surface area contributed by atoms with Crippen LogP contribution in [0.4, 0.5) is 0 Å². The summed E-state index contributed by atoms with van der Waals surface area (Å²) in [6.45, 7) is 20.5. The Labute approximate surface area is 126 Å². The van der Waals surface area contributed by atoms with Crippen LogP contribution in [0.3, 0.4) is 0 Å². The van der Waals surface area contributed by atoms with Gasteiger partial charge >= 0.3 is 0 Å². The highest BCUT2D eigenvalue weighted by atomic mass is 28.4. The molecule has 0 aliphatic carbocycles. The van der Waals surface area contributed by atoms with Crippen LogP contribution in [0.1, 0.15) is 0 Å². The van der Waals surface area contributed by atoms with Crippen molar-refractivity contribution in [2.45, 2.75) is 58.9 Å². The van der Waals surface area contributed by atoms with Crippen LogP contribution < -0.4 is 10.0 Å². The van der Waals surface area contributed by atoms with Crippen molar-refractivity contribution in [2.24, 2.45) is 11.7 Å². The van der Waals surface area contributed by atoms with E-state index in [2.05, 4.69) is 81.0 Å². The Morgan fingerprint density at radius 1 is 0.950 bits per heavy atom. The molecular weight excluding hydrogens is 298 g/mol. The molecule has 7 heteroatoms. The van der Waals surface area contributed by atoms with Gasteiger partial charge in [-0.3, -0.25) is 4.66 Å². The van der Waals surface area contributed by atoms with Gasteiger partial charge in [0.25, 0.3) is 0 Å². The molecule has 0 radical (unpaired) electrons. The Hall–Kier alpha value is -0.539. The zero-order valence-electron chi connectivity index (χ0n) is 14.8. The van der Waals surface area contributed by atoms with Crippen LogP contribution in [0.2, 0.25) is 58.9 Å². The molecule has 4 nitrogen and oxygen atoms in total. The highest BCUT2D eigenvalue weighted by Gasteiger charge is 2.27. The lowest BCUT2D eigenvalue weighted by Crippen LogP contribution is -2.45. The predicted octanol–water partition coefficient (Wildman–Crippen LogP) is 3.46. The molecule has 0 saturated carbocycles. The Kier molecular flexibility index (Phi) is 4.68. The molecule has 0 saturated heterocycles. The third-order valence-electron chi connectivity index (χ3n) is 2.56. The van der Waals surface area contributed by atoms with Crippen LogP contribution in [0.25, 0.3) is 0 Å². The van der Waals surface area contributed by atoms with E-state index in [1.807, 2.05) is 0 Å². The van der Waals surface area contributed by atoms with Crippen molar-refractivity contribution in [1.82, 2.24) is 8.80 Å². The summed E-state index contributed by atoms with van der Waals surface area (Å²) >= 11 is 0. The Balaban J connectivity index is 3.59. The first-order valence-corrected chi connectivity index (χ1v) is 17.5. The molecule has 116 valence electrons. The molecule has 0 fully saturated rings. The van der Waals surface area contributed by atoms with E-state index in [9.17, 15) is 0 Å². The van der Waals surface area contributed by atoms with Gasteiger partial charge < -0.3 is 13.2 Å². The van der Waals surface area contributed by atoms with E-state index < -0.39 is 24.8 Å². The van der Waals surface area contributed by atoms with Gasteiger partial charge in [0, 0.05) is 7.05 Å². The summed E-state index contributed by atoms with van der Waals surface area (Å²) in [7, 11) is -2.65. The smallest absolute Gasteiger partial charge is 0.244 e. The van der Waals surface area contributed by atoms with Gasteiger partial charge in [0.1, 0.15) is 0 Å². The molecule has 0 atom stereocenters. The Morgan fingerprint density at radius 2 is 1.45 bits per heavy atom. The molecule has 20 heavy (non-hydrogen) atoms. The lowest BCUT2D eigenvalue weighted by Gasteiger charge is -2.26. The van der Waals surface area contributed by atoms with E-state index in [-0.39, 0.29) is 0 Å². The summed E-state index contributed by atoms with van der Waals surface area (Å²) < 4.78 is 15.9. The van der Waals surface area contributed by atoms with E-state index in [0.29, 0.717) is 0 Å². The van der Waals surface area contributed by atoms with Gasteiger partial charge in [-0.05, 0) is 39.3 Å². The number of hydrogen-bond donors (Lipinski definition) is 0. The molecule has 0 aliphatic heterocycles. The van der Waals surface area contributed by atoms with Crippen molar-refractivity contribution < 1.29 is 4.43 Å². The van der Waals surface area contributed by atoms with Crippen LogP contribution in [0.5, 0.6) is 5.88 Å². The first-order chi connectivity index (χ1) is 8.71. The number of hydrogen-bond acceptors (Lipinski definition) is 2. The van der Waals surface area contributed by atoms with E-state index >= 15 is 0 Å². The summed E-state index contributed by atoms with van der Waals surface area (Å²) in [5.41, 5.74) is 1.08. The van der Waals surface area contributed by atoms with Crippen molar-refractivity contribution in [3.63, 3.8) is 0 Å². The topological polar surface area (TPSA) is 31.4 Å². The lowest BCUT2D eigenvalue weighted by molar-refractivity contribution is 0.524. The second kappa shape index (κ2) is 5.34. The number of imidazole rings is 1. The summed E-state index contributed by atoms with van der Waals surface area (Å²) in [5, 5.41) is 0. The summed E-state index contributed by atoms with van der Waals surface area (Å²) in [6, 6.07) is 0. The van der Waals surface area contributed by atoms with E-state index in [4.69, 9.17) is 9.08 Å². The van der Waals surface area contributed by atoms with Gasteiger partial charge in [-0.2, -0.15) is 0 Å². The van der Waals surface area contributed by atoms with E-state index in [1.54, 1.807) is 0 Å². The zero-order valence-corrected chi connectivity index (χ0v) is 17.8. The van der Waals surface area contributed by atoms with Crippen molar-refractivity contribution in [1.29, 1.82) is 0 Å². The SMILES string of the molecule is Cn1cc(O[Si](C)(C)C)n([Si](C)(C)C)/c1=N/[Si](C)(C)C. The fraction of sp³-hybridized carbons (Fsp3) is 0.769. The van der Waals surface area contributed by atoms with Crippen molar-refractivity contribution >= 4 is 24.8 Å². The average Bonchev–Trinajstić information content (AvgIpc) is 2.35. The van der Waals surface area contributed by atoms with Gasteiger partial charge in [0.2, 0.25) is 8.32 Å². The minimum absolute atomic E-state index is 1.00.